The number of carbonyl (C=O) groups is 1. The van der Waals surface area contributed by atoms with E-state index in [1.807, 2.05) is 0 Å². The number of halogens is 3. The standard InChI is InChI=1S/C11H6BrClFN3O/c12-7-3-1-2-6(10(7)14)11(18)17-9-5-15-8(13)4-16-9/h1-5H,(H,16,17,18). The van der Waals surface area contributed by atoms with Crippen LogP contribution in [-0.4, -0.2) is 15.9 Å². The molecule has 0 fully saturated rings. The summed E-state index contributed by atoms with van der Waals surface area (Å²) < 4.78 is 13.9. The molecule has 7 heteroatoms. The zero-order chi connectivity index (χ0) is 13.1. The predicted molar refractivity (Wildman–Crippen MR) is 69.1 cm³/mol. The quantitative estimate of drug-likeness (QED) is 0.919. The minimum atomic E-state index is -0.628. The Bertz CT molecular complexity index is 591. The normalized spacial score (nSPS) is 10.2. The topological polar surface area (TPSA) is 54.9 Å². The molecule has 0 spiro atoms. The van der Waals surface area contributed by atoms with E-state index in [9.17, 15) is 9.18 Å². The highest BCUT2D eigenvalue weighted by Gasteiger charge is 2.14. The van der Waals surface area contributed by atoms with Gasteiger partial charge in [0.2, 0.25) is 0 Å². The molecule has 0 atom stereocenters. The van der Waals surface area contributed by atoms with Gasteiger partial charge in [0.05, 0.1) is 22.4 Å². The molecular formula is C11H6BrClFN3O. The molecule has 92 valence electrons. The van der Waals surface area contributed by atoms with Crippen molar-refractivity contribution in [3.63, 3.8) is 0 Å². The Hall–Kier alpha value is -1.53. The third-order valence-electron chi connectivity index (χ3n) is 2.06. The molecule has 0 saturated carbocycles. The van der Waals surface area contributed by atoms with E-state index in [-0.39, 0.29) is 21.0 Å². The van der Waals surface area contributed by atoms with Crippen molar-refractivity contribution in [3.8, 4) is 0 Å². The van der Waals surface area contributed by atoms with Gasteiger partial charge in [0, 0.05) is 0 Å². The van der Waals surface area contributed by atoms with Crippen LogP contribution in [0.3, 0.4) is 0 Å². The van der Waals surface area contributed by atoms with Gasteiger partial charge in [-0.2, -0.15) is 0 Å². The predicted octanol–water partition coefficient (Wildman–Crippen LogP) is 3.28. The monoisotopic (exact) mass is 329 g/mol. The Kier molecular flexibility index (Phi) is 3.88. The largest absolute Gasteiger partial charge is 0.305 e. The highest BCUT2D eigenvalue weighted by Crippen LogP contribution is 2.19. The molecule has 0 saturated heterocycles. The molecule has 0 radical (unpaired) electrons. The molecule has 1 heterocycles. The van der Waals surface area contributed by atoms with Gasteiger partial charge in [0.1, 0.15) is 11.0 Å². The summed E-state index contributed by atoms with van der Waals surface area (Å²) in [6.45, 7) is 0. The Balaban J connectivity index is 2.22. The highest BCUT2D eigenvalue weighted by atomic mass is 79.9. The third kappa shape index (κ3) is 2.83. The maximum Gasteiger partial charge on any atom is 0.259 e. The molecule has 1 amide bonds. The third-order valence-corrected chi connectivity index (χ3v) is 2.87. The van der Waals surface area contributed by atoms with Gasteiger partial charge in [0.25, 0.3) is 5.91 Å². The van der Waals surface area contributed by atoms with Gasteiger partial charge in [0.15, 0.2) is 5.82 Å². The second kappa shape index (κ2) is 5.41. The first-order valence-corrected chi connectivity index (χ1v) is 5.98. The van der Waals surface area contributed by atoms with Crippen molar-refractivity contribution in [1.29, 1.82) is 0 Å². The fourth-order valence-corrected chi connectivity index (χ4v) is 1.70. The summed E-state index contributed by atoms with van der Waals surface area (Å²) in [5.74, 6) is -1.04. The van der Waals surface area contributed by atoms with Crippen molar-refractivity contribution in [3.05, 3.63) is 51.6 Å². The van der Waals surface area contributed by atoms with Crippen molar-refractivity contribution in [2.24, 2.45) is 0 Å². The van der Waals surface area contributed by atoms with Crippen molar-refractivity contribution in [2.45, 2.75) is 0 Å². The lowest BCUT2D eigenvalue weighted by molar-refractivity contribution is 0.102. The first kappa shape index (κ1) is 12.9. The second-order valence-corrected chi connectivity index (χ2v) is 4.52. The van der Waals surface area contributed by atoms with Gasteiger partial charge in [-0.3, -0.25) is 4.79 Å². The SMILES string of the molecule is O=C(Nc1cnc(Cl)cn1)c1cccc(Br)c1F. The summed E-state index contributed by atoms with van der Waals surface area (Å²) in [6, 6.07) is 4.45. The van der Waals surface area contributed by atoms with Crippen LogP contribution in [0.25, 0.3) is 0 Å². The molecule has 1 N–H and O–H groups in total. The molecule has 0 aliphatic heterocycles. The van der Waals surface area contributed by atoms with E-state index in [2.05, 4.69) is 31.2 Å². The van der Waals surface area contributed by atoms with Crippen LogP contribution < -0.4 is 5.32 Å². The van der Waals surface area contributed by atoms with Crippen LogP contribution in [0.5, 0.6) is 0 Å². The van der Waals surface area contributed by atoms with Crippen LogP contribution in [0.4, 0.5) is 10.2 Å². The number of aromatic nitrogens is 2. The fraction of sp³-hybridized carbons (Fsp3) is 0. The zero-order valence-electron chi connectivity index (χ0n) is 8.82. The summed E-state index contributed by atoms with van der Waals surface area (Å²) in [4.78, 5) is 19.4. The molecule has 0 aliphatic rings. The van der Waals surface area contributed by atoms with Crippen LogP contribution in [-0.2, 0) is 0 Å². The smallest absolute Gasteiger partial charge is 0.259 e. The molecule has 1 aromatic carbocycles. The van der Waals surface area contributed by atoms with E-state index < -0.39 is 11.7 Å². The molecule has 0 aliphatic carbocycles. The molecule has 4 nitrogen and oxygen atoms in total. The number of anilines is 1. The van der Waals surface area contributed by atoms with E-state index in [0.717, 1.165) is 0 Å². The van der Waals surface area contributed by atoms with Crippen LogP contribution >= 0.6 is 27.5 Å². The van der Waals surface area contributed by atoms with Crippen molar-refractivity contribution >= 4 is 39.3 Å². The average Bonchev–Trinajstić information content (AvgIpc) is 2.35. The lowest BCUT2D eigenvalue weighted by atomic mass is 10.2. The molecule has 2 aromatic rings. The summed E-state index contributed by atoms with van der Waals surface area (Å²) in [5.41, 5.74) is -0.0823. The maximum absolute atomic E-state index is 13.7. The first-order valence-electron chi connectivity index (χ1n) is 4.81. The number of carbonyl (C=O) groups excluding carboxylic acids is 1. The zero-order valence-corrected chi connectivity index (χ0v) is 11.2. The fourth-order valence-electron chi connectivity index (χ4n) is 1.24. The average molecular weight is 331 g/mol. The van der Waals surface area contributed by atoms with Crippen LogP contribution in [0, 0.1) is 5.82 Å². The summed E-state index contributed by atoms with van der Waals surface area (Å²) in [6.07, 6.45) is 2.57. The second-order valence-electron chi connectivity index (χ2n) is 3.28. The number of hydrogen-bond donors (Lipinski definition) is 1. The molecule has 18 heavy (non-hydrogen) atoms. The van der Waals surface area contributed by atoms with E-state index in [1.165, 1.54) is 24.5 Å². The lowest BCUT2D eigenvalue weighted by Crippen LogP contribution is -2.15. The molecule has 2 rings (SSSR count). The van der Waals surface area contributed by atoms with E-state index in [1.54, 1.807) is 6.07 Å². The highest BCUT2D eigenvalue weighted by molar-refractivity contribution is 9.10. The van der Waals surface area contributed by atoms with Crippen LogP contribution in [0.15, 0.2) is 35.1 Å². The lowest BCUT2D eigenvalue weighted by Gasteiger charge is -2.05. The number of benzene rings is 1. The summed E-state index contributed by atoms with van der Waals surface area (Å²) in [5, 5.41) is 2.63. The van der Waals surface area contributed by atoms with E-state index in [0.29, 0.717) is 0 Å². The summed E-state index contributed by atoms with van der Waals surface area (Å²) in [7, 11) is 0. The Morgan fingerprint density at radius 1 is 1.33 bits per heavy atom. The van der Waals surface area contributed by atoms with Crippen molar-refractivity contribution in [2.75, 3.05) is 5.32 Å². The summed E-state index contributed by atoms with van der Waals surface area (Å²) >= 11 is 8.57. The molecule has 0 bridgehead atoms. The minimum absolute atomic E-state index is 0.0823. The van der Waals surface area contributed by atoms with Gasteiger partial charge < -0.3 is 5.32 Å². The number of amides is 1. The molecule has 0 unspecified atom stereocenters. The van der Waals surface area contributed by atoms with Gasteiger partial charge in [-0.25, -0.2) is 14.4 Å². The maximum atomic E-state index is 13.7. The van der Waals surface area contributed by atoms with Crippen molar-refractivity contribution in [1.82, 2.24) is 9.97 Å². The van der Waals surface area contributed by atoms with Crippen molar-refractivity contribution < 1.29 is 9.18 Å². The minimum Gasteiger partial charge on any atom is -0.305 e. The number of rotatable bonds is 2. The first-order chi connectivity index (χ1) is 8.58. The van der Waals surface area contributed by atoms with Gasteiger partial charge in [-0.15, -0.1) is 0 Å². The molecule has 1 aromatic heterocycles. The number of nitrogens with one attached hydrogen (secondary N) is 1. The Labute approximate surface area is 115 Å². The molecular weight excluding hydrogens is 324 g/mol. The Morgan fingerprint density at radius 2 is 2.11 bits per heavy atom. The Morgan fingerprint density at radius 3 is 2.78 bits per heavy atom. The van der Waals surface area contributed by atoms with E-state index in [4.69, 9.17) is 11.6 Å². The van der Waals surface area contributed by atoms with E-state index >= 15 is 0 Å². The van der Waals surface area contributed by atoms with Gasteiger partial charge in [-0.1, -0.05) is 17.7 Å². The van der Waals surface area contributed by atoms with Gasteiger partial charge >= 0.3 is 0 Å². The van der Waals surface area contributed by atoms with Gasteiger partial charge in [-0.05, 0) is 28.1 Å². The number of hydrogen-bond acceptors (Lipinski definition) is 3. The van der Waals surface area contributed by atoms with Crippen LogP contribution in [0.2, 0.25) is 5.15 Å². The van der Waals surface area contributed by atoms with Crippen LogP contribution in [0.1, 0.15) is 10.4 Å². The number of nitrogens with zero attached hydrogens (tertiary/aromatic N) is 2.